The first-order valence-electron chi connectivity index (χ1n) is 7.61. The van der Waals surface area contributed by atoms with Crippen LogP contribution in [0.3, 0.4) is 0 Å². The van der Waals surface area contributed by atoms with E-state index in [4.69, 9.17) is 11.6 Å². The molecule has 2 aromatic carbocycles. The molecule has 6 heteroatoms. The summed E-state index contributed by atoms with van der Waals surface area (Å²) in [6.07, 6.45) is 0.599. The number of carbonyl (C=O) groups is 2. The summed E-state index contributed by atoms with van der Waals surface area (Å²) < 4.78 is 0. The molecule has 0 saturated heterocycles. The first-order chi connectivity index (χ1) is 11.6. The van der Waals surface area contributed by atoms with E-state index in [9.17, 15) is 9.59 Å². The molecule has 0 fully saturated rings. The van der Waals surface area contributed by atoms with E-state index in [1.165, 1.54) is 5.01 Å². The Morgan fingerprint density at radius 3 is 2.67 bits per heavy atom. The first-order valence-corrected chi connectivity index (χ1v) is 7.99. The molecule has 0 spiro atoms. The summed E-state index contributed by atoms with van der Waals surface area (Å²) in [5.74, 6) is -0.393. The summed E-state index contributed by atoms with van der Waals surface area (Å²) in [6.45, 7) is 0.359. The van der Waals surface area contributed by atoms with Crippen molar-refractivity contribution in [2.24, 2.45) is 5.10 Å². The number of para-hydroxylation sites is 1. The van der Waals surface area contributed by atoms with Gasteiger partial charge < -0.3 is 5.32 Å². The number of halogens is 1. The largest absolute Gasteiger partial charge is 0.347 e. The van der Waals surface area contributed by atoms with Crippen molar-refractivity contribution in [1.29, 1.82) is 0 Å². The topological polar surface area (TPSA) is 61.8 Å². The number of nitrogens with one attached hydrogen (secondary N) is 1. The Kier molecular flexibility index (Phi) is 4.91. The first kappa shape index (κ1) is 16.2. The van der Waals surface area contributed by atoms with Crippen molar-refractivity contribution in [2.75, 3.05) is 5.01 Å². The van der Waals surface area contributed by atoms with Crippen LogP contribution in [0, 0.1) is 0 Å². The molecular weight excluding hydrogens is 326 g/mol. The van der Waals surface area contributed by atoms with Crippen LogP contribution in [-0.4, -0.2) is 17.5 Å². The normalized spacial score (nSPS) is 14.3. The third-order valence-corrected chi connectivity index (χ3v) is 3.87. The summed E-state index contributed by atoms with van der Waals surface area (Å²) in [6, 6.07) is 16.4. The van der Waals surface area contributed by atoms with Crippen LogP contribution >= 0.6 is 11.6 Å². The van der Waals surface area contributed by atoms with E-state index in [0.29, 0.717) is 29.4 Å². The highest BCUT2D eigenvalue weighted by Gasteiger charge is 2.25. The third-order valence-electron chi connectivity index (χ3n) is 3.64. The van der Waals surface area contributed by atoms with E-state index in [1.807, 2.05) is 30.3 Å². The number of hydrogen-bond acceptors (Lipinski definition) is 3. The Morgan fingerprint density at radius 1 is 1.12 bits per heavy atom. The van der Waals surface area contributed by atoms with Gasteiger partial charge in [0.15, 0.2) is 0 Å². The molecule has 3 rings (SSSR count). The van der Waals surface area contributed by atoms with E-state index >= 15 is 0 Å². The van der Waals surface area contributed by atoms with Gasteiger partial charge in [-0.15, -0.1) is 0 Å². The number of carbonyl (C=O) groups excluding carboxylic acids is 2. The molecular formula is C18H16ClN3O2. The second-order valence-corrected chi connectivity index (χ2v) is 5.84. The van der Waals surface area contributed by atoms with E-state index in [-0.39, 0.29) is 18.2 Å². The Morgan fingerprint density at radius 2 is 1.92 bits per heavy atom. The predicted octanol–water partition coefficient (Wildman–Crippen LogP) is 3.14. The van der Waals surface area contributed by atoms with Crippen LogP contribution in [0.5, 0.6) is 0 Å². The third kappa shape index (κ3) is 3.81. The fourth-order valence-electron chi connectivity index (χ4n) is 2.42. The molecule has 24 heavy (non-hydrogen) atoms. The molecule has 0 bridgehead atoms. The van der Waals surface area contributed by atoms with Crippen LogP contribution in [0.15, 0.2) is 59.7 Å². The number of nitrogens with zero attached hydrogens (tertiary/aromatic N) is 2. The van der Waals surface area contributed by atoms with Gasteiger partial charge in [0.1, 0.15) is 5.71 Å². The smallest absolute Gasteiger partial charge is 0.267 e. The minimum Gasteiger partial charge on any atom is -0.347 e. The lowest BCUT2D eigenvalue weighted by atomic mass is 10.1. The van der Waals surface area contributed by atoms with Crippen molar-refractivity contribution in [3.8, 4) is 0 Å². The number of benzene rings is 2. The Bertz CT molecular complexity index is 790. The average Bonchev–Trinajstić information content (AvgIpc) is 2.61. The lowest BCUT2D eigenvalue weighted by molar-refractivity contribution is -0.119. The molecule has 0 aliphatic carbocycles. The van der Waals surface area contributed by atoms with Crippen LogP contribution in [0.1, 0.15) is 18.4 Å². The maximum Gasteiger partial charge on any atom is 0.267 e. The molecule has 1 heterocycles. The van der Waals surface area contributed by atoms with Gasteiger partial charge in [-0.3, -0.25) is 9.59 Å². The fraction of sp³-hybridized carbons (Fsp3) is 0.167. The number of hydrazone groups is 1. The van der Waals surface area contributed by atoms with Gasteiger partial charge in [-0.05, 0) is 29.8 Å². The highest BCUT2D eigenvalue weighted by molar-refractivity contribution is 6.40. The van der Waals surface area contributed by atoms with Gasteiger partial charge in [-0.25, -0.2) is 5.01 Å². The number of rotatable bonds is 4. The zero-order valence-electron chi connectivity index (χ0n) is 12.9. The summed E-state index contributed by atoms with van der Waals surface area (Å²) in [4.78, 5) is 24.4. The molecule has 2 aromatic rings. The highest BCUT2D eigenvalue weighted by Crippen LogP contribution is 2.19. The number of amides is 2. The molecule has 0 radical (unpaired) electrons. The minimum absolute atomic E-state index is 0.118. The number of anilines is 1. The van der Waals surface area contributed by atoms with E-state index in [1.54, 1.807) is 24.3 Å². The van der Waals surface area contributed by atoms with Gasteiger partial charge in [-0.1, -0.05) is 41.9 Å². The molecule has 0 unspecified atom stereocenters. The van der Waals surface area contributed by atoms with Crippen LogP contribution < -0.4 is 10.3 Å². The lowest BCUT2D eigenvalue weighted by Gasteiger charge is -2.23. The maximum absolute atomic E-state index is 12.3. The summed E-state index contributed by atoms with van der Waals surface area (Å²) in [5.41, 5.74) is 1.91. The fourth-order valence-corrected chi connectivity index (χ4v) is 2.63. The van der Waals surface area contributed by atoms with Crippen molar-refractivity contribution in [1.82, 2.24) is 5.32 Å². The van der Waals surface area contributed by atoms with Crippen LogP contribution in [0.4, 0.5) is 5.69 Å². The van der Waals surface area contributed by atoms with Crippen molar-refractivity contribution < 1.29 is 9.59 Å². The van der Waals surface area contributed by atoms with Crippen molar-refractivity contribution in [2.45, 2.75) is 19.4 Å². The molecule has 2 amide bonds. The molecule has 0 atom stereocenters. The van der Waals surface area contributed by atoms with Crippen LogP contribution in [0.25, 0.3) is 0 Å². The van der Waals surface area contributed by atoms with Gasteiger partial charge in [0.25, 0.3) is 5.91 Å². The van der Waals surface area contributed by atoms with Crippen molar-refractivity contribution in [3.05, 3.63) is 65.2 Å². The SMILES string of the molecule is O=C(NCc1cccc(Cl)c1)C1=NN(c2ccccc2)C(=O)CC1. The van der Waals surface area contributed by atoms with Crippen molar-refractivity contribution >= 4 is 34.8 Å². The Hall–Kier alpha value is -2.66. The predicted molar refractivity (Wildman–Crippen MR) is 93.9 cm³/mol. The summed E-state index contributed by atoms with van der Waals surface area (Å²) in [7, 11) is 0. The molecule has 1 aliphatic rings. The standard InChI is InChI=1S/C18H16ClN3O2/c19-14-6-4-5-13(11-14)12-20-18(24)16-9-10-17(23)22(21-16)15-7-2-1-3-8-15/h1-8,11H,9-10,12H2,(H,20,24). The van der Waals surface area contributed by atoms with E-state index < -0.39 is 0 Å². The van der Waals surface area contributed by atoms with Crippen molar-refractivity contribution in [3.63, 3.8) is 0 Å². The maximum atomic E-state index is 12.3. The van der Waals surface area contributed by atoms with Crippen LogP contribution in [-0.2, 0) is 16.1 Å². The van der Waals surface area contributed by atoms with Crippen LogP contribution in [0.2, 0.25) is 5.02 Å². The molecule has 0 saturated carbocycles. The lowest BCUT2D eigenvalue weighted by Crippen LogP contribution is -2.38. The monoisotopic (exact) mass is 341 g/mol. The zero-order valence-corrected chi connectivity index (χ0v) is 13.7. The Balaban J connectivity index is 1.71. The van der Waals surface area contributed by atoms with Gasteiger partial charge in [0.2, 0.25) is 5.91 Å². The molecule has 1 aliphatic heterocycles. The van der Waals surface area contributed by atoms with E-state index in [0.717, 1.165) is 5.56 Å². The van der Waals surface area contributed by atoms with Gasteiger partial charge in [-0.2, -0.15) is 5.10 Å². The minimum atomic E-state index is -0.275. The average molecular weight is 342 g/mol. The summed E-state index contributed by atoms with van der Waals surface area (Å²) >= 11 is 5.93. The molecule has 0 aromatic heterocycles. The number of hydrogen-bond donors (Lipinski definition) is 1. The molecule has 122 valence electrons. The van der Waals surface area contributed by atoms with Gasteiger partial charge in [0.05, 0.1) is 5.69 Å². The van der Waals surface area contributed by atoms with E-state index in [2.05, 4.69) is 10.4 Å². The highest BCUT2D eigenvalue weighted by atomic mass is 35.5. The quantitative estimate of drug-likeness (QED) is 0.928. The Labute approximate surface area is 144 Å². The second kappa shape index (κ2) is 7.27. The van der Waals surface area contributed by atoms with Gasteiger partial charge >= 0.3 is 0 Å². The molecule has 5 nitrogen and oxygen atoms in total. The van der Waals surface area contributed by atoms with Gasteiger partial charge in [0, 0.05) is 24.4 Å². The zero-order chi connectivity index (χ0) is 16.9. The molecule has 1 N–H and O–H groups in total. The summed E-state index contributed by atoms with van der Waals surface area (Å²) in [5, 5.41) is 8.95. The second-order valence-electron chi connectivity index (χ2n) is 5.40.